The molecular weight excluding hydrogens is 262 g/mol. The Morgan fingerprint density at radius 2 is 2.30 bits per heavy atom. The molecule has 6 nitrogen and oxygen atoms in total. The van der Waals surface area contributed by atoms with Crippen LogP contribution in [-0.2, 0) is 19.0 Å². The fraction of sp³-hybridized carbons (Fsp3) is 0.786. The molecule has 0 aromatic carbocycles. The van der Waals surface area contributed by atoms with E-state index >= 15 is 0 Å². The van der Waals surface area contributed by atoms with Crippen LogP contribution in [0.3, 0.4) is 0 Å². The number of hydrogen-bond donors (Lipinski definition) is 2. The number of ether oxygens (including phenoxy) is 3. The van der Waals surface area contributed by atoms with Gasteiger partial charge in [0.1, 0.15) is 0 Å². The van der Waals surface area contributed by atoms with E-state index in [-0.39, 0.29) is 24.4 Å². The van der Waals surface area contributed by atoms with Gasteiger partial charge in [-0.2, -0.15) is 0 Å². The maximum Gasteiger partial charge on any atom is 0.336 e. The molecule has 3 atom stereocenters. The first-order valence-electron chi connectivity index (χ1n) is 6.98. The molecule has 0 aromatic heterocycles. The maximum atomic E-state index is 12.3. The molecule has 0 radical (unpaired) electrons. The van der Waals surface area contributed by atoms with Gasteiger partial charge in [-0.05, 0) is 12.8 Å². The number of aliphatic hydroxyl groups is 1. The lowest BCUT2D eigenvalue weighted by molar-refractivity contribution is -0.237. The van der Waals surface area contributed by atoms with Crippen molar-refractivity contribution < 1.29 is 24.1 Å². The van der Waals surface area contributed by atoms with Crippen LogP contribution >= 0.6 is 0 Å². The van der Waals surface area contributed by atoms with E-state index in [2.05, 4.69) is 5.32 Å². The van der Waals surface area contributed by atoms with Crippen molar-refractivity contribution in [3.05, 3.63) is 11.3 Å². The molecule has 2 aliphatic rings. The standard InChI is InChI=1S/C14H23NO5/c1-5-19-12(16)10-9-6-14(17,7-20-13(9)18-4)15-11(10)8(2)3/h8-9,13,15,17H,5-7H2,1-4H3/t9-,13+,14+/m1/s1. The highest BCUT2D eigenvalue weighted by Crippen LogP contribution is 2.40. The summed E-state index contributed by atoms with van der Waals surface area (Å²) < 4.78 is 16.0. The van der Waals surface area contributed by atoms with Crippen molar-refractivity contribution in [1.29, 1.82) is 0 Å². The van der Waals surface area contributed by atoms with E-state index in [9.17, 15) is 9.90 Å². The van der Waals surface area contributed by atoms with Crippen LogP contribution in [0, 0.1) is 11.8 Å². The van der Waals surface area contributed by atoms with Crippen molar-refractivity contribution in [3.63, 3.8) is 0 Å². The second-order valence-corrected chi connectivity index (χ2v) is 5.58. The first kappa shape index (κ1) is 15.3. The predicted molar refractivity (Wildman–Crippen MR) is 71.4 cm³/mol. The molecule has 2 aliphatic heterocycles. The van der Waals surface area contributed by atoms with Crippen molar-refractivity contribution in [2.75, 3.05) is 20.3 Å². The molecule has 114 valence electrons. The fourth-order valence-corrected chi connectivity index (χ4v) is 2.86. The highest BCUT2D eigenvalue weighted by atomic mass is 16.7. The number of rotatable bonds is 4. The Labute approximate surface area is 119 Å². The SMILES string of the molecule is CCOC(=O)C1=C(C(C)C)N[C@@]2(O)CO[C@H](OC)[C@@H]1C2. The van der Waals surface area contributed by atoms with Crippen LogP contribution in [-0.4, -0.2) is 43.4 Å². The summed E-state index contributed by atoms with van der Waals surface area (Å²) in [6, 6.07) is 0. The molecule has 1 saturated heterocycles. The minimum absolute atomic E-state index is 0.0688. The summed E-state index contributed by atoms with van der Waals surface area (Å²) in [5, 5.41) is 13.5. The summed E-state index contributed by atoms with van der Waals surface area (Å²) in [6.45, 7) is 6.14. The van der Waals surface area contributed by atoms with Gasteiger partial charge in [-0.25, -0.2) is 4.79 Å². The zero-order valence-corrected chi connectivity index (χ0v) is 12.4. The lowest BCUT2D eigenvalue weighted by Gasteiger charge is -2.47. The van der Waals surface area contributed by atoms with E-state index in [1.807, 2.05) is 13.8 Å². The molecule has 2 bridgehead atoms. The number of carbonyl (C=O) groups excluding carboxylic acids is 1. The second-order valence-electron chi connectivity index (χ2n) is 5.58. The lowest BCUT2D eigenvalue weighted by Crippen LogP contribution is -2.61. The summed E-state index contributed by atoms with van der Waals surface area (Å²) in [7, 11) is 1.54. The smallest absolute Gasteiger partial charge is 0.336 e. The summed E-state index contributed by atoms with van der Waals surface area (Å²) in [6.07, 6.45) is -0.166. The average molecular weight is 285 g/mol. The third kappa shape index (κ3) is 2.68. The van der Waals surface area contributed by atoms with E-state index in [1.165, 1.54) is 7.11 Å². The minimum atomic E-state index is -1.14. The number of fused-ring (bicyclic) bond motifs is 2. The zero-order valence-electron chi connectivity index (χ0n) is 12.4. The molecule has 2 rings (SSSR count). The average Bonchev–Trinajstić information content (AvgIpc) is 2.38. The quantitative estimate of drug-likeness (QED) is 0.743. The normalized spacial score (nSPS) is 33.1. The van der Waals surface area contributed by atoms with Crippen LogP contribution in [0.2, 0.25) is 0 Å². The second kappa shape index (κ2) is 5.71. The number of nitrogens with one attached hydrogen (secondary N) is 1. The van der Waals surface area contributed by atoms with E-state index < -0.39 is 12.0 Å². The Balaban J connectivity index is 2.44. The van der Waals surface area contributed by atoms with Crippen LogP contribution in [0.25, 0.3) is 0 Å². The van der Waals surface area contributed by atoms with Gasteiger partial charge in [0.05, 0.1) is 18.8 Å². The van der Waals surface area contributed by atoms with Gasteiger partial charge < -0.3 is 24.6 Å². The summed E-state index contributed by atoms with van der Waals surface area (Å²) >= 11 is 0. The van der Waals surface area contributed by atoms with Gasteiger partial charge in [0.15, 0.2) is 12.0 Å². The van der Waals surface area contributed by atoms with Crippen LogP contribution in [0.4, 0.5) is 0 Å². The van der Waals surface area contributed by atoms with Crippen molar-refractivity contribution in [1.82, 2.24) is 5.32 Å². The third-order valence-electron chi connectivity index (χ3n) is 3.71. The van der Waals surface area contributed by atoms with Gasteiger partial charge in [-0.3, -0.25) is 0 Å². The number of carbonyl (C=O) groups is 1. The Kier molecular flexibility index (Phi) is 4.36. The summed E-state index contributed by atoms with van der Waals surface area (Å²) in [5.74, 6) is -0.626. The molecular formula is C14H23NO5. The van der Waals surface area contributed by atoms with Gasteiger partial charge in [0, 0.05) is 25.1 Å². The Hall–Kier alpha value is -1.11. The lowest BCUT2D eigenvalue weighted by atomic mass is 9.80. The van der Waals surface area contributed by atoms with Crippen LogP contribution in [0.5, 0.6) is 0 Å². The third-order valence-corrected chi connectivity index (χ3v) is 3.71. The topological polar surface area (TPSA) is 77.0 Å². The van der Waals surface area contributed by atoms with E-state index in [0.29, 0.717) is 24.3 Å². The van der Waals surface area contributed by atoms with Gasteiger partial charge in [0.2, 0.25) is 0 Å². The number of hydrogen-bond acceptors (Lipinski definition) is 6. The summed E-state index contributed by atoms with van der Waals surface area (Å²) in [5.41, 5.74) is 0.0978. The fourth-order valence-electron chi connectivity index (χ4n) is 2.86. The number of esters is 1. The molecule has 0 unspecified atom stereocenters. The molecule has 6 heteroatoms. The molecule has 0 aliphatic carbocycles. The molecule has 0 saturated carbocycles. The Bertz CT molecular complexity index is 420. The first-order valence-corrected chi connectivity index (χ1v) is 6.98. The van der Waals surface area contributed by atoms with Gasteiger partial charge >= 0.3 is 5.97 Å². The van der Waals surface area contributed by atoms with E-state index in [0.717, 1.165) is 0 Å². The highest BCUT2D eigenvalue weighted by Gasteiger charge is 2.49. The molecule has 0 spiro atoms. The molecule has 2 heterocycles. The number of methoxy groups -OCH3 is 1. The van der Waals surface area contributed by atoms with Gasteiger partial charge in [0.25, 0.3) is 0 Å². The molecule has 20 heavy (non-hydrogen) atoms. The highest BCUT2D eigenvalue weighted by molar-refractivity contribution is 5.90. The number of allylic oxidation sites excluding steroid dienone is 1. The monoisotopic (exact) mass is 285 g/mol. The molecule has 2 N–H and O–H groups in total. The van der Waals surface area contributed by atoms with E-state index in [1.54, 1.807) is 6.92 Å². The molecule has 1 fully saturated rings. The largest absolute Gasteiger partial charge is 0.463 e. The molecule has 0 amide bonds. The van der Waals surface area contributed by atoms with Crippen LogP contribution < -0.4 is 5.32 Å². The zero-order chi connectivity index (χ0) is 14.9. The van der Waals surface area contributed by atoms with E-state index in [4.69, 9.17) is 14.2 Å². The minimum Gasteiger partial charge on any atom is -0.463 e. The van der Waals surface area contributed by atoms with Crippen molar-refractivity contribution in [3.8, 4) is 0 Å². The molecule has 0 aromatic rings. The van der Waals surface area contributed by atoms with Crippen molar-refractivity contribution >= 4 is 5.97 Å². The van der Waals surface area contributed by atoms with Gasteiger partial charge in [-0.15, -0.1) is 0 Å². The van der Waals surface area contributed by atoms with Crippen LogP contribution in [0.1, 0.15) is 27.2 Å². The van der Waals surface area contributed by atoms with Crippen LogP contribution in [0.15, 0.2) is 11.3 Å². The maximum absolute atomic E-state index is 12.3. The van der Waals surface area contributed by atoms with Crippen molar-refractivity contribution in [2.24, 2.45) is 11.8 Å². The Morgan fingerprint density at radius 1 is 1.60 bits per heavy atom. The predicted octanol–water partition coefficient (Wildman–Crippen LogP) is 0.760. The Morgan fingerprint density at radius 3 is 2.85 bits per heavy atom. The summed E-state index contributed by atoms with van der Waals surface area (Å²) in [4.78, 5) is 12.3. The van der Waals surface area contributed by atoms with Gasteiger partial charge in [-0.1, -0.05) is 13.8 Å². The first-order chi connectivity index (χ1) is 9.41. The van der Waals surface area contributed by atoms with Crippen molar-refractivity contribution in [2.45, 2.75) is 39.2 Å².